The second-order valence-electron chi connectivity index (χ2n) is 8.45. The summed E-state index contributed by atoms with van der Waals surface area (Å²) >= 11 is 0. The summed E-state index contributed by atoms with van der Waals surface area (Å²) < 4.78 is 5.76. The summed E-state index contributed by atoms with van der Waals surface area (Å²) in [4.78, 5) is 20.6. The van der Waals surface area contributed by atoms with Crippen LogP contribution in [-0.4, -0.2) is 67.1 Å². The van der Waals surface area contributed by atoms with E-state index in [0.29, 0.717) is 30.2 Å². The number of likely N-dealkylation sites (tertiary alicyclic amines) is 1. The molecule has 5 heteroatoms. The van der Waals surface area contributed by atoms with Crippen LogP contribution in [0.25, 0.3) is 10.9 Å². The molecule has 1 saturated heterocycles. The molecule has 1 amide bonds. The van der Waals surface area contributed by atoms with Crippen molar-refractivity contribution in [2.45, 2.75) is 37.8 Å². The summed E-state index contributed by atoms with van der Waals surface area (Å²) in [5.41, 5.74) is 2.38. The predicted molar refractivity (Wildman–Crippen MR) is 108 cm³/mol. The van der Waals surface area contributed by atoms with Crippen LogP contribution in [0.5, 0.6) is 0 Å². The van der Waals surface area contributed by atoms with E-state index in [-0.39, 0.29) is 6.10 Å². The second-order valence-corrected chi connectivity index (χ2v) is 8.45. The molecule has 0 unspecified atom stereocenters. The minimum Gasteiger partial charge on any atom is -0.380 e. The summed E-state index contributed by atoms with van der Waals surface area (Å²) in [6.45, 7) is 1.82. The number of nitrogens with one attached hydrogen (secondary N) is 1. The third-order valence-electron chi connectivity index (χ3n) is 6.69. The van der Waals surface area contributed by atoms with Crippen LogP contribution in [0.4, 0.5) is 0 Å². The number of likely N-dealkylation sites (N-methyl/N-ethyl adjacent to an activating group) is 1. The Bertz CT molecular complexity index is 800. The van der Waals surface area contributed by atoms with Crippen LogP contribution in [-0.2, 0) is 16.0 Å². The molecule has 27 heavy (non-hydrogen) atoms. The maximum atomic E-state index is 12.9. The zero-order chi connectivity index (χ0) is 19.0. The van der Waals surface area contributed by atoms with E-state index in [9.17, 15) is 4.79 Å². The average Bonchev–Trinajstić information content (AvgIpc) is 3.28. The zero-order valence-corrected chi connectivity index (χ0v) is 16.6. The van der Waals surface area contributed by atoms with Crippen LogP contribution >= 0.6 is 0 Å². The van der Waals surface area contributed by atoms with Crippen LogP contribution in [0.2, 0.25) is 0 Å². The normalized spacial score (nSPS) is 28.1. The van der Waals surface area contributed by atoms with Gasteiger partial charge in [-0.3, -0.25) is 4.79 Å². The van der Waals surface area contributed by atoms with Gasteiger partial charge < -0.3 is 19.5 Å². The van der Waals surface area contributed by atoms with Gasteiger partial charge in [-0.1, -0.05) is 18.2 Å². The van der Waals surface area contributed by atoms with E-state index in [1.54, 1.807) is 0 Å². The first-order valence-corrected chi connectivity index (χ1v) is 10.1. The van der Waals surface area contributed by atoms with E-state index < -0.39 is 0 Å². The van der Waals surface area contributed by atoms with Gasteiger partial charge in [0, 0.05) is 49.8 Å². The Morgan fingerprint density at radius 3 is 2.70 bits per heavy atom. The summed E-state index contributed by atoms with van der Waals surface area (Å²) in [6.07, 6.45) is 5.91. The average molecular weight is 370 g/mol. The number of H-pyrrole nitrogens is 1. The van der Waals surface area contributed by atoms with Crippen molar-refractivity contribution in [3.63, 3.8) is 0 Å². The molecule has 2 aliphatic rings. The Morgan fingerprint density at radius 1 is 1.22 bits per heavy atom. The Labute approximate surface area is 161 Å². The molecule has 2 aromatic rings. The third kappa shape index (κ3) is 3.63. The lowest BCUT2D eigenvalue weighted by atomic mass is 9.77. The first-order valence-electron chi connectivity index (χ1n) is 10.1. The van der Waals surface area contributed by atoms with Gasteiger partial charge >= 0.3 is 0 Å². The maximum absolute atomic E-state index is 12.9. The summed E-state index contributed by atoms with van der Waals surface area (Å²) in [5.74, 6) is 1.49. The van der Waals surface area contributed by atoms with Gasteiger partial charge in [0.2, 0.25) is 5.91 Å². The third-order valence-corrected chi connectivity index (χ3v) is 6.69. The van der Waals surface area contributed by atoms with Gasteiger partial charge in [-0.2, -0.15) is 0 Å². The number of ether oxygens (including phenoxy) is 1. The number of rotatable bonds is 5. The summed E-state index contributed by atoms with van der Waals surface area (Å²) in [6, 6.07) is 8.76. The largest absolute Gasteiger partial charge is 0.380 e. The molecule has 5 nitrogen and oxygen atoms in total. The topological polar surface area (TPSA) is 48.6 Å². The van der Waals surface area contributed by atoms with Crippen LogP contribution in [0.3, 0.4) is 0 Å². The van der Waals surface area contributed by atoms with Crippen molar-refractivity contribution in [1.82, 2.24) is 14.8 Å². The van der Waals surface area contributed by atoms with Crippen molar-refractivity contribution in [3.05, 3.63) is 36.0 Å². The summed E-state index contributed by atoms with van der Waals surface area (Å²) in [7, 11) is 6.09. The van der Waals surface area contributed by atoms with E-state index in [1.807, 2.05) is 19.4 Å². The Hall–Kier alpha value is -1.85. The lowest BCUT2D eigenvalue weighted by Crippen LogP contribution is -2.47. The number of carbonyl (C=O) groups excluding carboxylic acids is 1. The maximum Gasteiger partial charge on any atom is 0.222 e. The molecule has 4 atom stereocenters. The van der Waals surface area contributed by atoms with E-state index >= 15 is 0 Å². The standard InChI is InChI=1S/C22H31N3O2/c1-24(2)20-10-16-13-25(14-17(16)11-21(20)27-3)22(26)9-8-15-12-23-19-7-5-4-6-18(15)19/h4-7,12,16-17,20-21,23H,8-11,13-14H2,1-3H3/t16-,17+,20-,21-/m1/s1. The molecule has 4 rings (SSSR count). The van der Waals surface area contributed by atoms with Crippen LogP contribution < -0.4 is 0 Å². The number of amides is 1. The van der Waals surface area contributed by atoms with Crippen LogP contribution in [0.1, 0.15) is 24.8 Å². The molecule has 146 valence electrons. The van der Waals surface area contributed by atoms with Crippen LogP contribution in [0.15, 0.2) is 30.5 Å². The van der Waals surface area contributed by atoms with Gasteiger partial charge in [-0.25, -0.2) is 0 Å². The lowest BCUT2D eigenvalue weighted by Gasteiger charge is -2.40. The number of hydrogen-bond donors (Lipinski definition) is 1. The molecule has 0 radical (unpaired) electrons. The number of nitrogens with zero attached hydrogens (tertiary/aromatic N) is 2. The molecule has 2 fully saturated rings. The smallest absolute Gasteiger partial charge is 0.222 e. The molecule has 0 bridgehead atoms. The molecule has 1 aliphatic carbocycles. The number of para-hydroxylation sites is 1. The van der Waals surface area contributed by atoms with Gasteiger partial charge in [0.1, 0.15) is 0 Å². The fraction of sp³-hybridized carbons (Fsp3) is 0.591. The summed E-state index contributed by atoms with van der Waals surface area (Å²) in [5, 5.41) is 1.23. The molecule has 1 N–H and O–H groups in total. The highest BCUT2D eigenvalue weighted by atomic mass is 16.5. The Kier molecular flexibility index (Phi) is 5.24. The highest BCUT2D eigenvalue weighted by molar-refractivity contribution is 5.84. The number of aromatic nitrogens is 1. The molecule has 2 heterocycles. The minimum atomic E-state index is 0.280. The number of aromatic amines is 1. The fourth-order valence-corrected chi connectivity index (χ4v) is 5.13. The Morgan fingerprint density at radius 2 is 1.96 bits per heavy atom. The molecule has 0 spiro atoms. The molecule has 1 aliphatic heterocycles. The predicted octanol–water partition coefficient (Wildman–Crippen LogP) is 2.91. The molecular weight excluding hydrogens is 338 g/mol. The number of hydrogen-bond acceptors (Lipinski definition) is 3. The van der Waals surface area contributed by atoms with Gasteiger partial charge in [-0.05, 0) is 56.8 Å². The van der Waals surface area contributed by atoms with Gasteiger partial charge in [0.05, 0.1) is 6.10 Å². The fourth-order valence-electron chi connectivity index (χ4n) is 5.13. The van der Waals surface area contributed by atoms with Gasteiger partial charge in [0.15, 0.2) is 0 Å². The van der Waals surface area contributed by atoms with E-state index in [1.165, 1.54) is 10.9 Å². The second kappa shape index (κ2) is 7.64. The van der Waals surface area contributed by atoms with Crippen molar-refractivity contribution in [2.24, 2.45) is 11.8 Å². The quantitative estimate of drug-likeness (QED) is 0.882. The zero-order valence-electron chi connectivity index (χ0n) is 16.6. The highest BCUT2D eigenvalue weighted by Gasteiger charge is 2.44. The van der Waals surface area contributed by atoms with Gasteiger partial charge in [0.25, 0.3) is 0 Å². The molecule has 1 saturated carbocycles. The number of aryl methyl sites for hydroxylation is 1. The monoisotopic (exact) mass is 369 g/mol. The molecule has 1 aromatic heterocycles. The lowest BCUT2D eigenvalue weighted by molar-refractivity contribution is -0.130. The SMILES string of the molecule is CO[C@@H]1C[C@H]2CN(C(=O)CCc3c[nH]c4ccccc34)C[C@H]2C[C@H]1N(C)C. The van der Waals surface area contributed by atoms with Crippen molar-refractivity contribution in [1.29, 1.82) is 0 Å². The number of benzene rings is 1. The number of carbonyl (C=O) groups is 1. The molecule has 1 aromatic carbocycles. The first kappa shape index (κ1) is 18.5. The van der Waals surface area contributed by atoms with E-state index in [0.717, 1.165) is 37.9 Å². The van der Waals surface area contributed by atoms with Crippen molar-refractivity contribution >= 4 is 16.8 Å². The number of fused-ring (bicyclic) bond motifs is 2. The van der Waals surface area contributed by atoms with Crippen molar-refractivity contribution in [3.8, 4) is 0 Å². The first-order chi connectivity index (χ1) is 13.1. The number of methoxy groups -OCH3 is 1. The van der Waals surface area contributed by atoms with Gasteiger partial charge in [-0.15, -0.1) is 0 Å². The minimum absolute atomic E-state index is 0.280. The van der Waals surface area contributed by atoms with Crippen molar-refractivity contribution in [2.75, 3.05) is 34.3 Å². The van der Waals surface area contributed by atoms with E-state index in [2.05, 4.69) is 47.1 Å². The van der Waals surface area contributed by atoms with Crippen molar-refractivity contribution < 1.29 is 9.53 Å². The highest BCUT2D eigenvalue weighted by Crippen LogP contribution is 2.39. The van der Waals surface area contributed by atoms with Crippen LogP contribution in [0, 0.1) is 11.8 Å². The Balaban J connectivity index is 1.37. The molecular formula is C22H31N3O2. The van der Waals surface area contributed by atoms with E-state index in [4.69, 9.17) is 4.74 Å².